The highest BCUT2D eigenvalue weighted by Crippen LogP contribution is 2.39. The molecule has 1 fully saturated rings. The van der Waals surface area contributed by atoms with Gasteiger partial charge in [0.25, 0.3) is 5.91 Å². The van der Waals surface area contributed by atoms with Gasteiger partial charge in [-0.2, -0.15) is 0 Å². The predicted octanol–water partition coefficient (Wildman–Crippen LogP) is 1.66. The van der Waals surface area contributed by atoms with Gasteiger partial charge in [-0.15, -0.1) is 11.3 Å². The summed E-state index contributed by atoms with van der Waals surface area (Å²) in [4.78, 5) is 29.2. The number of fused-ring (bicyclic) bond motifs is 1. The van der Waals surface area contributed by atoms with E-state index < -0.39 is 5.66 Å². The summed E-state index contributed by atoms with van der Waals surface area (Å²) in [5.74, 6) is -0.0356. The number of anilines is 1. The van der Waals surface area contributed by atoms with Gasteiger partial charge in [-0.25, -0.2) is 0 Å². The van der Waals surface area contributed by atoms with Gasteiger partial charge in [0, 0.05) is 13.1 Å². The van der Waals surface area contributed by atoms with E-state index in [2.05, 4.69) is 21.2 Å². The fourth-order valence-corrected chi connectivity index (χ4v) is 4.23. The molecular formula is C14H18BrN3O3S. The van der Waals surface area contributed by atoms with Gasteiger partial charge >= 0.3 is 0 Å². The van der Waals surface area contributed by atoms with Gasteiger partial charge in [-0.05, 0) is 35.8 Å². The molecule has 0 spiro atoms. The SMILES string of the molecule is CC1(C)NC(=O)c2sc(Br)cc2N1CC(=O)N1CCOCC1. The van der Waals surface area contributed by atoms with Crippen LogP contribution < -0.4 is 10.2 Å². The maximum Gasteiger partial charge on any atom is 0.265 e. The van der Waals surface area contributed by atoms with Crippen LogP contribution in [0.1, 0.15) is 23.5 Å². The van der Waals surface area contributed by atoms with Crippen LogP contribution in [0.5, 0.6) is 0 Å². The summed E-state index contributed by atoms with van der Waals surface area (Å²) in [5, 5.41) is 2.96. The van der Waals surface area contributed by atoms with Crippen LogP contribution in [-0.4, -0.2) is 55.2 Å². The van der Waals surface area contributed by atoms with Crippen molar-refractivity contribution in [1.29, 1.82) is 0 Å². The number of hydrogen-bond donors (Lipinski definition) is 1. The van der Waals surface area contributed by atoms with Crippen molar-refractivity contribution in [2.75, 3.05) is 37.7 Å². The highest BCUT2D eigenvalue weighted by molar-refractivity contribution is 9.11. The molecule has 2 aliphatic rings. The summed E-state index contributed by atoms with van der Waals surface area (Å²) in [5.41, 5.74) is 0.208. The number of rotatable bonds is 2. The average molecular weight is 388 g/mol. The molecule has 120 valence electrons. The van der Waals surface area contributed by atoms with Crippen LogP contribution >= 0.6 is 27.3 Å². The Bertz CT molecular complexity index is 610. The second kappa shape index (κ2) is 5.82. The molecule has 0 aliphatic carbocycles. The normalized spacial score (nSPS) is 20.6. The lowest BCUT2D eigenvalue weighted by Crippen LogP contribution is -2.62. The van der Waals surface area contributed by atoms with E-state index in [9.17, 15) is 9.59 Å². The highest BCUT2D eigenvalue weighted by atomic mass is 79.9. The first kappa shape index (κ1) is 15.8. The summed E-state index contributed by atoms with van der Waals surface area (Å²) in [6.45, 7) is 6.48. The van der Waals surface area contributed by atoms with Crippen LogP contribution in [0.15, 0.2) is 9.85 Å². The third kappa shape index (κ3) is 2.87. The van der Waals surface area contributed by atoms with Crippen LogP contribution in [0.2, 0.25) is 0 Å². The number of morpholine rings is 1. The molecule has 1 aromatic heterocycles. The van der Waals surface area contributed by atoms with Gasteiger partial charge in [0.2, 0.25) is 5.91 Å². The molecule has 0 unspecified atom stereocenters. The fraction of sp³-hybridized carbons (Fsp3) is 0.571. The molecule has 8 heteroatoms. The lowest BCUT2D eigenvalue weighted by atomic mass is 10.1. The third-order valence-corrected chi connectivity index (χ3v) is 5.56. The van der Waals surface area contributed by atoms with Gasteiger partial charge in [0.05, 0.1) is 29.2 Å². The second-order valence-electron chi connectivity index (χ2n) is 5.86. The topological polar surface area (TPSA) is 61.9 Å². The number of hydrogen-bond acceptors (Lipinski definition) is 5. The largest absolute Gasteiger partial charge is 0.378 e. The van der Waals surface area contributed by atoms with Gasteiger partial charge in [-0.3, -0.25) is 9.59 Å². The number of carbonyl (C=O) groups excluding carboxylic acids is 2. The second-order valence-corrected chi connectivity index (χ2v) is 8.29. The van der Waals surface area contributed by atoms with E-state index in [1.807, 2.05) is 29.7 Å². The number of ether oxygens (including phenoxy) is 1. The van der Waals surface area contributed by atoms with Crippen molar-refractivity contribution in [2.24, 2.45) is 0 Å². The van der Waals surface area contributed by atoms with E-state index >= 15 is 0 Å². The minimum absolute atomic E-state index is 0.0563. The minimum Gasteiger partial charge on any atom is -0.378 e. The Labute approximate surface area is 141 Å². The zero-order valence-electron chi connectivity index (χ0n) is 12.5. The van der Waals surface area contributed by atoms with Crippen molar-refractivity contribution in [3.8, 4) is 0 Å². The summed E-state index contributed by atoms with van der Waals surface area (Å²) in [6.07, 6.45) is 0. The lowest BCUT2D eigenvalue weighted by Gasteiger charge is -2.44. The van der Waals surface area contributed by atoms with E-state index in [4.69, 9.17) is 4.74 Å². The Hall–Kier alpha value is -1.12. The first-order valence-corrected chi connectivity index (χ1v) is 8.74. The summed E-state index contributed by atoms with van der Waals surface area (Å²) >= 11 is 4.81. The Morgan fingerprint density at radius 1 is 1.45 bits per heavy atom. The number of halogens is 1. The predicted molar refractivity (Wildman–Crippen MR) is 88.3 cm³/mol. The summed E-state index contributed by atoms with van der Waals surface area (Å²) < 4.78 is 6.17. The number of thiophene rings is 1. The molecule has 0 bridgehead atoms. The van der Waals surface area contributed by atoms with Gasteiger partial charge in [0.15, 0.2) is 0 Å². The first-order chi connectivity index (χ1) is 10.4. The molecule has 6 nitrogen and oxygen atoms in total. The molecular weight excluding hydrogens is 370 g/mol. The lowest BCUT2D eigenvalue weighted by molar-refractivity contribution is -0.134. The Morgan fingerprint density at radius 3 is 2.82 bits per heavy atom. The minimum atomic E-state index is -0.605. The van der Waals surface area contributed by atoms with Crippen LogP contribution in [0.3, 0.4) is 0 Å². The Kier molecular flexibility index (Phi) is 4.17. The van der Waals surface area contributed by atoms with Crippen molar-refractivity contribution in [3.05, 3.63) is 14.7 Å². The van der Waals surface area contributed by atoms with Crippen molar-refractivity contribution in [1.82, 2.24) is 10.2 Å². The fourth-order valence-electron chi connectivity index (χ4n) is 2.75. The van der Waals surface area contributed by atoms with Crippen LogP contribution in [0.4, 0.5) is 5.69 Å². The summed E-state index contributed by atoms with van der Waals surface area (Å²) in [6, 6.07) is 1.91. The number of amides is 2. The Morgan fingerprint density at radius 2 is 2.14 bits per heavy atom. The van der Waals surface area contributed by atoms with Crippen molar-refractivity contribution < 1.29 is 14.3 Å². The molecule has 0 saturated carbocycles. The van der Waals surface area contributed by atoms with Crippen LogP contribution in [0, 0.1) is 0 Å². The van der Waals surface area contributed by atoms with Crippen molar-refractivity contribution in [2.45, 2.75) is 19.5 Å². The van der Waals surface area contributed by atoms with E-state index in [1.54, 1.807) is 0 Å². The first-order valence-electron chi connectivity index (χ1n) is 7.13. The molecule has 22 heavy (non-hydrogen) atoms. The average Bonchev–Trinajstić information content (AvgIpc) is 2.86. The van der Waals surface area contributed by atoms with E-state index in [0.29, 0.717) is 31.2 Å². The monoisotopic (exact) mass is 387 g/mol. The number of nitrogens with zero attached hydrogens (tertiary/aromatic N) is 2. The molecule has 0 aromatic carbocycles. The van der Waals surface area contributed by atoms with E-state index in [1.165, 1.54) is 11.3 Å². The number of nitrogens with one attached hydrogen (secondary N) is 1. The van der Waals surface area contributed by atoms with E-state index in [0.717, 1.165) is 9.47 Å². The molecule has 1 saturated heterocycles. The summed E-state index contributed by atoms with van der Waals surface area (Å²) in [7, 11) is 0. The standard InChI is InChI=1S/C14H18BrN3O3S/c1-14(2)16-13(20)12-9(7-10(15)22-12)18(14)8-11(19)17-3-5-21-6-4-17/h7H,3-6,8H2,1-2H3,(H,16,20). The van der Waals surface area contributed by atoms with Crippen LogP contribution in [0.25, 0.3) is 0 Å². The van der Waals surface area contributed by atoms with Gasteiger partial charge in [-0.1, -0.05) is 0 Å². The molecule has 0 atom stereocenters. The smallest absolute Gasteiger partial charge is 0.265 e. The molecule has 1 N–H and O–H groups in total. The third-order valence-electron chi connectivity index (χ3n) is 3.93. The molecule has 2 aliphatic heterocycles. The van der Waals surface area contributed by atoms with Gasteiger partial charge < -0.3 is 19.9 Å². The van der Waals surface area contributed by atoms with Crippen molar-refractivity contribution in [3.63, 3.8) is 0 Å². The van der Waals surface area contributed by atoms with Crippen molar-refractivity contribution >= 4 is 44.8 Å². The zero-order valence-corrected chi connectivity index (χ0v) is 14.9. The zero-order chi connectivity index (χ0) is 15.9. The molecule has 2 amide bonds. The molecule has 3 rings (SSSR count). The van der Waals surface area contributed by atoms with Crippen LogP contribution in [-0.2, 0) is 9.53 Å². The highest BCUT2D eigenvalue weighted by Gasteiger charge is 2.39. The molecule has 0 radical (unpaired) electrons. The molecule has 3 heterocycles. The number of carbonyl (C=O) groups is 2. The maximum absolute atomic E-state index is 12.6. The Balaban J connectivity index is 1.85. The van der Waals surface area contributed by atoms with Gasteiger partial charge in [0.1, 0.15) is 10.5 Å². The quantitative estimate of drug-likeness (QED) is 0.837. The molecule has 1 aromatic rings. The maximum atomic E-state index is 12.6. The van der Waals surface area contributed by atoms with E-state index in [-0.39, 0.29) is 18.4 Å².